The van der Waals surface area contributed by atoms with Gasteiger partial charge in [0.05, 0.1) is 4.90 Å². The normalized spacial score (nSPS) is 15.7. The number of nitrogens with zero attached hydrogens (tertiary/aromatic N) is 3. The summed E-state index contributed by atoms with van der Waals surface area (Å²) in [5.74, 6) is 0. The van der Waals surface area contributed by atoms with Crippen molar-refractivity contribution in [2.45, 2.75) is 11.4 Å². The number of hydrogen-bond acceptors (Lipinski definition) is 4. The van der Waals surface area contributed by atoms with E-state index in [9.17, 15) is 13.2 Å². The molecule has 26 heavy (non-hydrogen) atoms. The molecule has 1 saturated heterocycles. The molecule has 0 radical (unpaired) electrons. The van der Waals surface area contributed by atoms with Gasteiger partial charge in [0.15, 0.2) is 0 Å². The second-order valence-corrected chi connectivity index (χ2v) is 8.24. The van der Waals surface area contributed by atoms with Crippen LogP contribution >= 0.6 is 11.6 Å². The van der Waals surface area contributed by atoms with Crippen LogP contribution < -0.4 is 5.32 Å². The number of sulfonamides is 1. The van der Waals surface area contributed by atoms with Crippen molar-refractivity contribution < 1.29 is 13.2 Å². The first-order chi connectivity index (χ1) is 12.5. The highest BCUT2D eigenvalue weighted by atomic mass is 35.5. The molecule has 138 valence electrons. The number of carbonyl (C=O) groups excluding carboxylic acids is 1. The molecule has 0 saturated carbocycles. The number of piperazine rings is 1. The van der Waals surface area contributed by atoms with Gasteiger partial charge < -0.3 is 10.2 Å². The standard InChI is InChI=1S/C17H19ClN4O3S/c18-15-3-5-16(6-4-15)26(24,25)22-10-8-21(9-11-22)17(23)20-13-14-2-1-7-19-12-14/h1-7,12H,8-11,13H2,(H,20,23). The molecule has 0 aliphatic carbocycles. The summed E-state index contributed by atoms with van der Waals surface area (Å²) in [6, 6.07) is 9.56. The van der Waals surface area contributed by atoms with Gasteiger partial charge in [-0.2, -0.15) is 4.31 Å². The van der Waals surface area contributed by atoms with Crippen LogP contribution in [0, 0.1) is 0 Å². The molecule has 0 unspecified atom stereocenters. The van der Waals surface area contributed by atoms with E-state index in [4.69, 9.17) is 11.6 Å². The second kappa shape index (κ2) is 8.03. The number of rotatable bonds is 4. The molecule has 2 amide bonds. The summed E-state index contributed by atoms with van der Waals surface area (Å²) in [5, 5.41) is 3.31. The van der Waals surface area contributed by atoms with Crippen LogP contribution in [0.5, 0.6) is 0 Å². The third kappa shape index (κ3) is 4.32. The Morgan fingerprint density at radius 2 is 1.81 bits per heavy atom. The number of amides is 2. The van der Waals surface area contributed by atoms with Crippen LogP contribution in [0.15, 0.2) is 53.7 Å². The number of pyridine rings is 1. The van der Waals surface area contributed by atoms with Gasteiger partial charge in [-0.3, -0.25) is 4.98 Å². The van der Waals surface area contributed by atoms with E-state index in [0.29, 0.717) is 24.7 Å². The minimum atomic E-state index is -3.58. The molecule has 1 aliphatic heterocycles. The van der Waals surface area contributed by atoms with Gasteiger partial charge in [-0.15, -0.1) is 0 Å². The summed E-state index contributed by atoms with van der Waals surface area (Å²) >= 11 is 5.81. The Kier molecular flexibility index (Phi) is 5.75. The fraction of sp³-hybridized carbons (Fsp3) is 0.294. The summed E-state index contributed by atoms with van der Waals surface area (Å²) < 4.78 is 26.7. The molecule has 0 spiro atoms. The maximum absolute atomic E-state index is 12.6. The first kappa shape index (κ1) is 18.6. The summed E-state index contributed by atoms with van der Waals surface area (Å²) in [6.07, 6.45) is 3.36. The molecular weight excluding hydrogens is 376 g/mol. The zero-order chi connectivity index (χ0) is 18.6. The quantitative estimate of drug-likeness (QED) is 0.859. The summed E-state index contributed by atoms with van der Waals surface area (Å²) in [5.41, 5.74) is 0.907. The maximum atomic E-state index is 12.6. The van der Waals surface area contributed by atoms with Gasteiger partial charge in [-0.25, -0.2) is 13.2 Å². The SMILES string of the molecule is O=C(NCc1cccnc1)N1CCN(S(=O)(=O)c2ccc(Cl)cc2)CC1. The minimum Gasteiger partial charge on any atom is -0.334 e. The molecule has 1 fully saturated rings. The lowest BCUT2D eigenvalue weighted by Gasteiger charge is -2.34. The highest BCUT2D eigenvalue weighted by molar-refractivity contribution is 7.89. The lowest BCUT2D eigenvalue weighted by molar-refractivity contribution is 0.172. The molecule has 0 atom stereocenters. The minimum absolute atomic E-state index is 0.205. The van der Waals surface area contributed by atoms with Gasteiger partial charge in [-0.05, 0) is 35.9 Å². The smallest absolute Gasteiger partial charge is 0.317 e. The number of halogens is 1. The van der Waals surface area contributed by atoms with Gasteiger partial charge in [-0.1, -0.05) is 17.7 Å². The lowest BCUT2D eigenvalue weighted by Crippen LogP contribution is -2.52. The van der Waals surface area contributed by atoms with E-state index in [1.54, 1.807) is 29.4 Å². The van der Waals surface area contributed by atoms with Gasteiger partial charge in [0.1, 0.15) is 0 Å². The van der Waals surface area contributed by atoms with E-state index in [-0.39, 0.29) is 24.0 Å². The Morgan fingerprint density at radius 3 is 2.42 bits per heavy atom. The molecule has 7 nitrogen and oxygen atoms in total. The van der Waals surface area contributed by atoms with E-state index in [2.05, 4.69) is 10.3 Å². The van der Waals surface area contributed by atoms with E-state index in [1.807, 2.05) is 12.1 Å². The number of carbonyl (C=O) groups is 1. The van der Waals surface area contributed by atoms with E-state index in [0.717, 1.165) is 5.56 Å². The Morgan fingerprint density at radius 1 is 1.12 bits per heavy atom. The molecule has 1 aliphatic rings. The van der Waals surface area contributed by atoms with Crippen molar-refractivity contribution in [2.24, 2.45) is 0 Å². The zero-order valence-corrected chi connectivity index (χ0v) is 15.6. The molecule has 1 N–H and O–H groups in total. The topological polar surface area (TPSA) is 82.6 Å². The van der Waals surface area contributed by atoms with Crippen molar-refractivity contribution in [1.29, 1.82) is 0 Å². The van der Waals surface area contributed by atoms with Crippen LogP contribution in [0.3, 0.4) is 0 Å². The first-order valence-corrected chi connectivity index (χ1v) is 9.96. The Bertz CT molecular complexity index is 851. The van der Waals surface area contributed by atoms with Crippen LogP contribution in [0.1, 0.15) is 5.56 Å². The van der Waals surface area contributed by atoms with E-state index in [1.165, 1.54) is 16.4 Å². The van der Waals surface area contributed by atoms with Crippen LogP contribution in [-0.2, 0) is 16.6 Å². The Labute approximate surface area is 157 Å². The van der Waals surface area contributed by atoms with Crippen LogP contribution in [0.25, 0.3) is 0 Å². The largest absolute Gasteiger partial charge is 0.334 e. The third-order valence-electron chi connectivity index (χ3n) is 4.14. The number of urea groups is 1. The van der Waals surface area contributed by atoms with E-state index >= 15 is 0 Å². The van der Waals surface area contributed by atoms with Gasteiger partial charge in [0.2, 0.25) is 10.0 Å². The Hall–Kier alpha value is -2.16. The van der Waals surface area contributed by atoms with Crippen molar-refractivity contribution in [1.82, 2.24) is 19.5 Å². The number of nitrogens with one attached hydrogen (secondary N) is 1. The van der Waals surface area contributed by atoms with Crippen LogP contribution in [0.4, 0.5) is 4.79 Å². The monoisotopic (exact) mass is 394 g/mol. The van der Waals surface area contributed by atoms with Crippen molar-refractivity contribution >= 4 is 27.7 Å². The molecule has 1 aromatic heterocycles. The first-order valence-electron chi connectivity index (χ1n) is 8.14. The predicted octanol–water partition coefficient (Wildman–Crippen LogP) is 1.95. The second-order valence-electron chi connectivity index (χ2n) is 5.87. The average molecular weight is 395 g/mol. The summed E-state index contributed by atoms with van der Waals surface area (Å²) in [7, 11) is -3.58. The lowest BCUT2D eigenvalue weighted by atomic mass is 10.3. The van der Waals surface area contributed by atoms with Crippen LogP contribution in [-0.4, -0.2) is 54.8 Å². The maximum Gasteiger partial charge on any atom is 0.317 e. The van der Waals surface area contributed by atoms with Crippen LogP contribution in [0.2, 0.25) is 5.02 Å². The highest BCUT2D eigenvalue weighted by Crippen LogP contribution is 2.19. The van der Waals surface area contributed by atoms with Crippen molar-refractivity contribution in [2.75, 3.05) is 26.2 Å². The van der Waals surface area contributed by atoms with Crippen molar-refractivity contribution in [3.63, 3.8) is 0 Å². The third-order valence-corrected chi connectivity index (χ3v) is 6.31. The van der Waals surface area contributed by atoms with Crippen molar-refractivity contribution in [3.8, 4) is 0 Å². The summed E-state index contributed by atoms with van der Waals surface area (Å²) in [4.78, 5) is 18.1. The van der Waals surface area contributed by atoms with E-state index < -0.39 is 10.0 Å². The average Bonchev–Trinajstić information content (AvgIpc) is 2.67. The fourth-order valence-electron chi connectivity index (χ4n) is 2.68. The molecule has 0 bridgehead atoms. The zero-order valence-electron chi connectivity index (χ0n) is 14.0. The molecule has 3 rings (SSSR count). The van der Waals surface area contributed by atoms with Crippen molar-refractivity contribution in [3.05, 3.63) is 59.4 Å². The molecule has 1 aromatic carbocycles. The fourth-order valence-corrected chi connectivity index (χ4v) is 4.23. The molecule has 2 aromatic rings. The number of aromatic nitrogens is 1. The molecule has 9 heteroatoms. The van der Waals surface area contributed by atoms with Gasteiger partial charge in [0.25, 0.3) is 0 Å². The molecular formula is C17H19ClN4O3S. The van der Waals surface area contributed by atoms with Gasteiger partial charge >= 0.3 is 6.03 Å². The van der Waals surface area contributed by atoms with Gasteiger partial charge in [0, 0.05) is 50.1 Å². The number of hydrogen-bond donors (Lipinski definition) is 1. The molecule has 2 heterocycles. The number of benzene rings is 1. The summed E-state index contributed by atoms with van der Waals surface area (Å²) in [6.45, 7) is 1.57. The highest BCUT2D eigenvalue weighted by Gasteiger charge is 2.30. The predicted molar refractivity (Wildman–Crippen MR) is 98.3 cm³/mol. The Balaban J connectivity index is 1.55.